The van der Waals surface area contributed by atoms with Crippen LogP contribution in [0.3, 0.4) is 0 Å². The summed E-state index contributed by atoms with van der Waals surface area (Å²) in [6, 6.07) is 0. The zero-order valence-corrected chi connectivity index (χ0v) is 19.1. The molecule has 1 aliphatic heterocycles. The summed E-state index contributed by atoms with van der Waals surface area (Å²) in [5.74, 6) is 0.662. The van der Waals surface area contributed by atoms with Gasteiger partial charge in [-0.25, -0.2) is 0 Å². The Hall–Kier alpha value is -0.163. The smallest absolute Gasteiger partial charge is 0.192 e. The first-order chi connectivity index (χ1) is 12.0. The lowest BCUT2D eigenvalue weighted by Gasteiger charge is -2.41. The largest absolute Gasteiger partial charge is 0.410 e. The quantitative estimate of drug-likeness (QED) is 0.414. The fourth-order valence-corrected chi connectivity index (χ4v) is 6.32. The summed E-state index contributed by atoms with van der Waals surface area (Å²) >= 11 is 0. The topological polar surface area (TPSA) is 27.7 Å². The molecule has 3 aliphatic rings. The molecule has 1 saturated carbocycles. The van der Waals surface area contributed by atoms with Crippen LogP contribution in [0.15, 0.2) is 11.6 Å². The first kappa shape index (κ1) is 20.6. The molecule has 0 aromatic carbocycles. The summed E-state index contributed by atoms with van der Waals surface area (Å²) in [4.78, 5) is 0. The number of hydrogen-bond acceptors (Lipinski definition) is 3. The molecule has 4 heteroatoms. The summed E-state index contributed by atoms with van der Waals surface area (Å²) in [5, 5.41) is 0.267. The molecular formula is C22H40O3Si. The Morgan fingerprint density at radius 2 is 1.96 bits per heavy atom. The average molecular weight is 381 g/mol. The van der Waals surface area contributed by atoms with E-state index in [1.165, 1.54) is 19.3 Å². The Morgan fingerprint density at radius 1 is 1.23 bits per heavy atom. The van der Waals surface area contributed by atoms with Gasteiger partial charge >= 0.3 is 0 Å². The number of ether oxygens (including phenoxy) is 2. The van der Waals surface area contributed by atoms with Gasteiger partial charge in [0.1, 0.15) is 0 Å². The average Bonchev–Trinajstić information content (AvgIpc) is 3.01. The van der Waals surface area contributed by atoms with E-state index in [0.717, 1.165) is 32.5 Å². The van der Waals surface area contributed by atoms with Gasteiger partial charge in [-0.1, -0.05) is 46.3 Å². The van der Waals surface area contributed by atoms with E-state index in [9.17, 15) is 0 Å². The lowest BCUT2D eigenvalue weighted by atomic mass is 9.95. The third-order valence-electron chi connectivity index (χ3n) is 7.71. The second-order valence-corrected chi connectivity index (χ2v) is 15.4. The highest BCUT2D eigenvalue weighted by molar-refractivity contribution is 6.74. The molecule has 1 heterocycles. The van der Waals surface area contributed by atoms with Gasteiger partial charge in [0.05, 0.1) is 12.2 Å². The second-order valence-electron chi connectivity index (χ2n) is 10.7. The van der Waals surface area contributed by atoms with E-state index in [0.29, 0.717) is 5.92 Å². The Morgan fingerprint density at radius 3 is 2.54 bits per heavy atom. The van der Waals surface area contributed by atoms with E-state index >= 15 is 0 Å². The van der Waals surface area contributed by atoms with Crippen molar-refractivity contribution in [1.82, 2.24) is 0 Å². The standard InChI is InChI=1S/C22H40O3Si/c1-20(2,3)26(6,7)25-22-13-11-17(16-18(22)21(22,4)5)12-15-24-19-10-8-9-14-23-19/h11,18-19H,8-10,12-16H2,1-7H3/t18-,19?,22+/m1/s1. The van der Waals surface area contributed by atoms with Gasteiger partial charge in [-0.05, 0) is 68.0 Å². The van der Waals surface area contributed by atoms with Crippen LogP contribution < -0.4 is 0 Å². The van der Waals surface area contributed by atoms with Crippen molar-refractivity contribution in [2.24, 2.45) is 11.3 Å². The molecule has 2 fully saturated rings. The zero-order valence-electron chi connectivity index (χ0n) is 18.1. The third-order valence-corrected chi connectivity index (χ3v) is 12.2. The van der Waals surface area contributed by atoms with Crippen LogP contribution in [-0.4, -0.2) is 33.4 Å². The van der Waals surface area contributed by atoms with Gasteiger partial charge in [0, 0.05) is 6.61 Å². The highest BCUT2D eigenvalue weighted by Crippen LogP contribution is 2.71. The van der Waals surface area contributed by atoms with Crippen LogP contribution >= 0.6 is 0 Å². The van der Waals surface area contributed by atoms with Gasteiger partial charge in [0.25, 0.3) is 0 Å². The molecule has 3 atom stereocenters. The second kappa shape index (κ2) is 7.02. The fraction of sp³-hybridized carbons (Fsp3) is 0.909. The molecule has 1 unspecified atom stereocenters. The van der Waals surface area contributed by atoms with Gasteiger partial charge < -0.3 is 13.9 Å². The SMILES string of the molecule is CC1(C)[C@H]2CC(CCOC3CCCCO3)=CC[C@]21O[Si](C)(C)C(C)(C)C. The summed E-state index contributed by atoms with van der Waals surface area (Å²) in [6.07, 6.45) is 9.26. The molecule has 1 saturated heterocycles. The molecule has 0 aromatic rings. The van der Waals surface area contributed by atoms with Crippen LogP contribution in [-0.2, 0) is 13.9 Å². The van der Waals surface area contributed by atoms with Gasteiger partial charge in [0.15, 0.2) is 14.6 Å². The van der Waals surface area contributed by atoms with Crippen molar-refractivity contribution >= 4 is 8.32 Å². The summed E-state index contributed by atoms with van der Waals surface area (Å²) in [5.41, 5.74) is 1.92. The van der Waals surface area contributed by atoms with Gasteiger partial charge in [-0.15, -0.1) is 0 Å². The Kier molecular flexibility index (Phi) is 5.55. The molecule has 0 spiro atoms. The van der Waals surface area contributed by atoms with Crippen molar-refractivity contribution in [3.8, 4) is 0 Å². The minimum Gasteiger partial charge on any atom is -0.410 e. The Bertz CT molecular complexity index is 540. The molecule has 26 heavy (non-hydrogen) atoms. The summed E-state index contributed by atoms with van der Waals surface area (Å²) in [7, 11) is -1.75. The Balaban J connectivity index is 1.56. The predicted octanol–water partition coefficient (Wildman–Crippen LogP) is 6.06. The third kappa shape index (κ3) is 3.72. The first-order valence-corrected chi connectivity index (χ1v) is 13.5. The molecule has 0 radical (unpaired) electrons. The van der Waals surface area contributed by atoms with Crippen LogP contribution in [0.5, 0.6) is 0 Å². The van der Waals surface area contributed by atoms with E-state index in [1.54, 1.807) is 5.57 Å². The van der Waals surface area contributed by atoms with E-state index in [4.69, 9.17) is 13.9 Å². The number of rotatable bonds is 6. The molecule has 2 aliphatic carbocycles. The van der Waals surface area contributed by atoms with E-state index < -0.39 is 8.32 Å². The molecule has 0 bridgehead atoms. The molecule has 150 valence electrons. The highest BCUT2D eigenvalue weighted by atomic mass is 28.4. The van der Waals surface area contributed by atoms with Crippen molar-refractivity contribution < 1.29 is 13.9 Å². The number of hydrogen-bond donors (Lipinski definition) is 0. The van der Waals surface area contributed by atoms with Crippen LogP contribution in [0.25, 0.3) is 0 Å². The van der Waals surface area contributed by atoms with Crippen molar-refractivity contribution in [2.75, 3.05) is 13.2 Å². The lowest BCUT2D eigenvalue weighted by molar-refractivity contribution is -0.161. The van der Waals surface area contributed by atoms with Crippen LogP contribution in [0.4, 0.5) is 0 Å². The van der Waals surface area contributed by atoms with Crippen LogP contribution in [0.1, 0.15) is 73.1 Å². The molecule has 0 amide bonds. The highest BCUT2D eigenvalue weighted by Gasteiger charge is 2.73. The van der Waals surface area contributed by atoms with Gasteiger partial charge in [0.2, 0.25) is 0 Å². The normalized spacial score (nSPS) is 34.2. The van der Waals surface area contributed by atoms with Crippen molar-refractivity contribution in [2.45, 2.75) is 103 Å². The molecule has 3 nitrogen and oxygen atoms in total. The molecule has 3 rings (SSSR count). The van der Waals surface area contributed by atoms with Gasteiger partial charge in [-0.3, -0.25) is 0 Å². The molecular weight excluding hydrogens is 340 g/mol. The van der Waals surface area contributed by atoms with Crippen LogP contribution in [0.2, 0.25) is 18.1 Å². The van der Waals surface area contributed by atoms with E-state index in [1.807, 2.05) is 0 Å². The lowest BCUT2D eigenvalue weighted by Crippen LogP contribution is -2.46. The predicted molar refractivity (Wildman–Crippen MR) is 110 cm³/mol. The zero-order chi connectivity index (χ0) is 19.2. The minimum absolute atomic E-state index is 0.0336. The Labute approximate surface area is 162 Å². The van der Waals surface area contributed by atoms with Crippen LogP contribution in [0, 0.1) is 11.3 Å². The first-order valence-electron chi connectivity index (χ1n) is 10.6. The maximum atomic E-state index is 7.01. The fourth-order valence-electron chi connectivity index (χ4n) is 4.61. The van der Waals surface area contributed by atoms with Crippen molar-refractivity contribution in [3.63, 3.8) is 0 Å². The molecule has 0 N–H and O–H groups in total. The van der Waals surface area contributed by atoms with Gasteiger partial charge in [-0.2, -0.15) is 0 Å². The molecule has 0 aromatic heterocycles. The van der Waals surface area contributed by atoms with Crippen molar-refractivity contribution in [1.29, 1.82) is 0 Å². The summed E-state index contributed by atoms with van der Waals surface area (Å²) in [6.45, 7) is 18.3. The number of fused-ring (bicyclic) bond motifs is 1. The van der Waals surface area contributed by atoms with Crippen molar-refractivity contribution in [3.05, 3.63) is 11.6 Å². The maximum Gasteiger partial charge on any atom is 0.192 e. The monoisotopic (exact) mass is 380 g/mol. The maximum absolute atomic E-state index is 7.01. The summed E-state index contributed by atoms with van der Waals surface area (Å²) < 4.78 is 18.6. The minimum atomic E-state index is -1.75. The van der Waals surface area contributed by atoms with E-state index in [2.05, 4.69) is 53.8 Å². The van der Waals surface area contributed by atoms with E-state index in [-0.39, 0.29) is 22.3 Å².